The molecule has 0 atom stereocenters. The lowest BCUT2D eigenvalue weighted by atomic mass is 10.0. The van der Waals surface area contributed by atoms with Crippen molar-refractivity contribution in [2.45, 2.75) is 27.2 Å². The molecule has 27 heavy (non-hydrogen) atoms. The van der Waals surface area contributed by atoms with Crippen molar-refractivity contribution in [1.82, 2.24) is 19.9 Å². The van der Waals surface area contributed by atoms with Crippen LogP contribution in [0.25, 0.3) is 11.3 Å². The van der Waals surface area contributed by atoms with Crippen LogP contribution in [0.5, 0.6) is 0 Å². The van der Waals surface area contributed by atoms with E-state index in [1.165, 1.54) is 11.9 Å². The zero-order valence-electron chi connectivity index (χ0n) is 15.9. The fourth-order valence-electron chi connectivity index (χ4n) is 2.60. The van der Waals surface area contributed by atoms with Gasteiger partial charge >= 0.3 is 0 Å². The standard InChI is InChI=1S/C21H21N5S/c1-5-19-18(9-7-16-10-20(26-27-4)15(3)23-11-16)21(25-13-24-19)17-8-6-14(2)22-12-17/h6,8,10-13,26H,5H2,1-4H3. The van der Waals surface area contributed by atoms with Crippen molar-refractivity contribution in [1.29, 1.82) is 0 Å². The predicted molar refractivity (Wildman–Crippen MR) is 111 cm³/mol. The Labute approximate surface area is 164 Å². The summed E-state index contributed by atoms with van der Waals surface area (Å²) < 4.78 is 3.23. The van der Waals surface area contributed by atoms with Gasteiger partial charge in [0, 0.05) is 35.5 Å². The van der Waals surface area contributed by atoms with Crippen molar-refractivity contribution in [2.75, 3.05) is 11.0 Å². The van der Waals surface area contributed by atoms with Gasteiger partial charge in [-0.15, -0.1) is 0 Å². The van der Waals surface area contributed by atoms with Crippen LogP contribution >= 0.6 is 11.9 Å². The molecule has 3 aromatic heterocycles. The highest BCUT2D eigenvalue weighted by Crippen LogP contribution is 2.23. The van der Waals surface area contributed by atoms with Crippen LogP contribution in [0.15, 0.2) is 36.9 Å². The minimum atomic E-state index is 0.782. The van der Waals surface area contributed by atoms with E-state index in [0.717, 1.165) is 51.6 Å². The van der Waals surface area contributed by atoms with Gasteiger partial charge in [0.2, 0.25) is 0 Å². The summed E-state index contributed by atoms with van der Waals surface area (Å²) in [5.74, 6) is 6.49. The first kappa shape index (κ1) is 18.9. The molecule has 5 nitrogen and oxygen atoms in total. The molecule has 136 valence electrons. The Morgan fingerprint density at radius 2 is 1.89 bits per heavy atom. The molecular formula is C21H21N5S. The Bertz CT molecular complexity index is 1000. The molecular weight excluding hydrogens is 354 g/mol. The second-order valence-corrected chi connectivity index (χ2v) is 6.61. The van der Waals surface area contributed by atoms with Crippen molar-refractivity contribution in [3.63, 3.8) is 0 Å². The van der Waals surface area contributed by atoms with Gasteiger partial charge in [-0.3, -0.25) is 9.97 Å². The van der Waals surface area contributed by atoms with E-state index in [4.69, 9.17) is 0 Å². The van der Waals surface area contributed by atoms with Gasteiger partial charge in [-0.2, -0.15) is 0 Å². The lowest BCUT2D eigenvalue weighted by molar-refractivity contribution is 0.991. The second-order valence-electron chi connectivity index (χ2n) is 6.00. The molecule has 6 heteroatoms. The summed E-state index contributed by atoms with van der Waals surface area (Å²) >= 11 is 1.53. The molecule has 0 bridgehead atoms. The molecule has 0 saturated heterocycles. The van der Waals surface area contributed by atoms with Crippen molar-refractivity contribution >= 4 is 17.6 Å². The number of hydrogen-bond donors (Lipinski definition) is 1. The number of nitrogens with zero attached hydrogens (tertiary/aromatic N) is 4. The zero-order valence-corrected chi connectivity index (χ0v) is 16.7. The number of hydrogen-bond acceptors (Lipinski definition) is 6. The number of nitrogens with one attached hydrogen (secondary N) is 1. The van der Waals surface area contributed by atoms with Gasteiger partial charge in [-0.05, 0) is 38.5 Å². The van der Waals surface area contributed by atoms with Crippen molar-refractivity contribution in [3.05, 3.63) is 65.1 Å². The van der Waals surface area contributed by atoms with E-state index in [0.29, 0.717) is 0 Å². The third kappa shape index (κ3) is 4.44. The summed E-state index contributed by atoms with van der Waals surface area (Å²) in [4.78, 5) is 17.7. The van der Waals surface area contributed by atoms with E-state index in [1.807, 2.05) is 44.5 Å². The van der Waals surface area contributed by atoms with E-state index >= 15 is 0 Å². The molecule has 0 aromatic carbocycles. The lowest BCUT2D eigenvalue weighted by Crippen LogP contribution is -1.99. The normalized spacial score (nSPS) is 10.2. The molecule has 0 aliphatic carbocycles. The van der Waals surface area contributed by atoms with Crippen LogP contribution in [0.3, 0.4) is 0 Å². The Hall–Kier alpha value is -2.91. The summed E-state index contributed by atoms with van der Waals surface area (Å²) in [7, 11) is 0. The molecule has 3 rings (SSSR count). The molecule has 0 unspecified atom stereocenters. The van der Waals surface area contributed by atoms with Crippen molar-refractivity contribution < 1.29 is 0 Å². The summed E-state index contributed by atoms with van der Waals surface area (Å²) in [6, 6.07) is 6.00. The zero-order chi connectivity index (χ0) is 19.2. The van der Waals surface area contributed by atoms with Gasteiger partial charge < -0.3 is 4.72 Å². The molecule has 0 aliphatic rings. The SMILES string of the molecule is CCc1ncnc(-c2ccc(C)nc2)c1C#Cc1cnc(C)c(NSC)c1. The van der Waals surface area contributed by atoms with Gasteiger partial charge in [0.1, 0.15) is 6.33 Å². The third-order valence-corrected chi connectivity index (χ3v) is 4.50. The monoisotopic (exact) mass is 375 g/mol. The fourth-order valence-corrected chi connectivity index (χ4v) is 3.02. The average molecular weight is 376 g/mol. The Morgan fingerprint density at radius 3 is 2.59 bits per heavy atom. The first-order valence-electron chi connectivity index (χ1n) is 8.67. The molecule has 0 fully saturated rings. The van der Waals surface area contributed by atoms with Crippen LogP contribution in [0.4, 0.5) is 5.69 Å². The Balaban J connectivity index is 2.06. The quantitative estimate of drug-likeness (QED) is 0.545. The van der Waals surface area contributed by atoms with E-state index in [-0.39, 0.29) is 0 Å². The third-order valence-electron chi connectivity index (χ3n) is 4.08. The van der Waals surface area contributed by atoms with Crippen LogP contribution in [0.1, 0.15) is 35.1 Å². The minimum Gasteiger partial charge on any atom is -0.328 e. The number of anilines is 1. The summed E-state index contributed by atoms with van der Waals surface area (Å²) in [5, 5.41) is 0. The molecule has 1 N–H and O–H groups in total. The molecule has 3 heterocycles. The highest BCUT2D eigenvalue weighted by Gasteiger charge is 2.11. The first-order valence-corrected chi connectivity index (χ1v) is 9.89. The molecule has 3 aromatic rings. The maximum absolute atomic E-state index is 4.48. The molecule has 0 amide bonds. The second kappa shape index (κ2) is 8.65. The summed E-state index contributed by atoms with van der Waals surface area (Å²) in [5.41, 5.74) is 7.24. The van der Waals surface area contributed by atoms with Crippen molar-refractivity contribution in [3.8, 4) is 23.1 Å². The van der Waals surface area contributed by atoms with Crippen molar-refractivity contribution in [2.24, 2.45) is 0 Å². The maximum Gasteiger partial charge on any atom is 0.116 e. The largest absolute Gasteiger partial charge is 0.328 e. The topological polar surface area (TPSA) is 63.6 Å². The number of pyridine rings is 2. The average Bonchev–Trinajstić information content (AvgIpc) is 2.69. The Kier molecular flexibility index (Phi) is 6.05. The first-order chi connectivity index (χ1) is 13.1. The smallest absolute Gasteiger partial charge is 0.116 e. The molecule has 0 radical (unpaired) electrons. The number of rotatable bonds is 4. The number of aryl methyl sites for hydroxylation is 3. The van der Waals surface area contributed by atoms with Gasteiger partial charge in [0.25, 0.3) is 0 Å². The van der Waals surface area contributed by atoms with Crippen LogP contribution < -0.4 is 4.72 Å². The molecule has 0 aliphatic heterocycles. The minimum absolute atomic E-state index is 0.782. The highest BCUT2D eigenvalue weighted by atomic mass is 32.2. The van der Waals surface area contributed by atoms with E-state index < -0.39 is 0 Å². The summed E-state index contributed by atoms with van der Waals surface area (Å²) in [6.45, 7) is 6.00. The van der Waals surface area contributed by atoms with Gasteiger partial charge in [0.15, 0.2) is 0 Å². The van der Waals surface area contributed by atoms with Crippen LogP contribution in [-0.2, 0) is 6.42 Å². The van der Waals surface area contributed by atoms with Crippen LogP contribution in [-0.4, -0.2) is 26.2 Å². The van der Waals surface area contributed by atoms with Crippen LogP contribution in [0, 0.1) is 25.7 Å². The lowest BCUT2D eigenvalue weighted by Gasteiger charge is -2.08. The number of aromatic nitrogens is 4. The van der Waals surface area contributed by atoms with E-state index in [9.17, 15) is 0 Å². The molecule has 0 saturated carbocycles. The van der Waals surface area contributed by atoms with E-state index in [2.05, 4.69) is 43.4 Å². The van der Waals surface area contributed by atoms with Crippen LogP contribution in [0.2, 0.25) is 0 Å². The van der Waals surface area contributed by atoms with E-state index in [1.54, 1.807) is 12.5 Å². The molecule has 0 spiro atoms. The highest BCUT2D eigenvalue weighted by molar-refractivity contribution is 7.99. The summed E-state index contributed by atoms with van der Waals surface area (Å²) in [6.07, 6.45) is 7.97. The predicted octanol–water partition coefficient (Wildman–Crippen LogP) is 4.20. The van der Waals surface area contributed by atoms with Gasteiger partial charge in [-0.1, -0.05) is 30.7 Å². The fraction of sp³-hybridized carbons (Fsp3) is 0.238. The maximum atomic E-state index is 4.48. The van der Waals surface area contributed by atoms with Gasteiger partial charge in [0.05, 0.1) is 28.3 Å². The van der Waals surface area contributed by atoms with Gasteiger partial charge in [-0.25, -0.2) is 9.97 Å². The Morgan fingerprint density at radius 1 is 1.04 bits per heavy atom.